The van der Waals surface area contributed by atoms with Crippen LogP contribution >= 0.6 is 0 Å². The largest absolute Gasteiger partial charge is 0.444 e. The van der Waals surface area contributed by atoms with Crippen LogP contribution in [0.2, 0.25) is 0 Å². The van der Waals surface area contributed by atoms with Gasteiger partial charge in [0.2, 0.25) is 0 Å². The van der Waals surface area contributed by atoms with Crippen molar-refractivity contribution in [2.24, 2.45) is 0 Å². The summed E-state index contributed by atoms with van der Waals surface area (Å²) in [5.74, 6) is 0. The molecule has 0 fully saturated rings. The van der Waals surface area contributed by atoms with Gasteiger partial charge in [0.05, 0.1) is 25.4 Å². The lowest BCUT2D eigenvalue weighted by Gasteiger charge is -2.31. The zero-order valence-corrected chi connectivity index (χ0v) is 18.1. The lowest BCUT2D eigenvalue weighted by molar-refractivity contribution is -0.135. The number of ether oxygens (including phenoxy) is 3. The van der Waals surface area contributed by atoms with Gasteiger partial charge in [-0.3, -0.25) is 0 Å². The molecule has 0 aliphatic rings. The van der Waals surface area contributed by atoms with Crippen LogP contribution in [0, 0.1) is 0 Å². The zero-order chi connectivity index (χ0) is 22.0. The number of carbonyl (C=O) groups is 1. The fourth-order valence-electron chi connectivity index (χ4n) is 2.56. The van der Waals surface area contributed by atoms with Gasteiger partial charge in [0.25, 0.3) is 0 Å². The van der Waals surface area contributed by atoms with E-state index < -0.39 is 24.3 Å². The van der Waals surface area contributed by atoms with Crippen molar-refractivity contribution in [2.45, 2.75) is 84.6 Å². The lowest BCUT2D eigenvalue weighted by Crippen LogP contribution is -2.55. The monoisotopic (exact) mass is 416 g/mol. The summed E-state index contributed by atoms with van der Waals surface area (Å²) in [4.78, 5) is 12.1. The van der Waals surface area contributed by atoms with E-state index in [1.165, 1.54) is 0 Å². The Hall–Kier alpha value is -1.77. The van der Waals surface area contributed by atoms with E-state index in [2.05, 4.69) is 15.4 Å². The molecule has 1 aromatic rings. The Bertz CT molecular complexity index is 596. The summed E-state index contributed by atoms with van der Waals surface area (Å²) in [6, 6.07) is 8.64. The Morgan fingerprint density at radius 1 is 1.03 bits per heavy atom. The number of nitrogens with one attached hydrogen (secondary N) is 2. The summed E-state index contributed by atoms with van der Waals surface area (Å²) < 4.78 is 40.6. The molecule has 2 N–H and O–H groups in total. The maximum absolute atomic E-state index is 12.5. The second-order valence-electron chi connectivity index (χ2n) is 8.09. The number of alkyl halides is 2. The molecule has 29 heavy (non-hydrogen) atoms. The van der Waals surface area contributed by atoms with Crippen LogP contribution in [0.4, 0.5) is 13.6 Å². The molecule has 8 heteroatoms. The van der Waals surface area contributed by atoms with E-state index in [-0.39, 0.29) is 24.8 Å². The van der Waals surface area contributed by atoms with Crippen molar-refractivity contribution in [1.82, 2.24) is 10.6 Å². The second-order valence-corrected chi connectivity index (χ2v) is 8.09. The summed E-state index contributed by atoms with van der Waals surface area (Å²) in [6.07, 6.45) is -0.828. The fraction of sp³-hybridized carbons (Fsp3) is 0.667. The first-order valence-electron chi connectivity index (χ1n) is 9.78. The number of carbonyl (C=O) groups excluding carboxylic acids is 1. The van der Waals surface area contributed by atoms with Crippen LogP contribution in [0.3, 0.4) is 0 Å². The smallest absolute Gasteiger partial charge is 0.408 e. The summed E-state index contributed by atoms with van der Waals surface area (Å²) in [6.45, 7) is 8.04. The average Bonchev–Trinajstić information content (AvgIpc) is 2.62. The summed E-state index contributed by atoms with van der Waals surface area (Å²) >= 11 is 0. The molecule has 6 nitrogen and oxygen atoms in total. The number of benzene rings is 1. The summed E-state index contributed by atoms with van der Waals surface area (Å²) in [7, 11) is 0. The van der Waals surface area contributed by atoms with E-state index >= 15 is 0 Å². The summed E-state index contributed by atoms with van der Waals surface area (Å²) in [5, 5.41) is 5.90. The van der Waals surface area contributed by atoms with E-state index in [1.807, 2.05) is 44.2 Å². The molecular formula is C21H34F2N2O4. The molecule has 1 aromatic carbocycles. The van der Waals surface area contributed by atoms with E-state index in [9.17, 15) is 13.6 Å². The number of rotatable bonds is 11. The molecule has 0 heterocycles. The van der Waals surface area contributed by atoms with Crippen molar-refractivity contribution in [3.8, 4) is 0 Å². The van der Waals surface area contributed by atoms with Gasteiger partial charge < -0.3 is 24.8 Å². The van der Waals surface area contributed by atoms with Crippen molar-refractivity contribution >= 4 is 6.09 Å². The molecule has 1 amide bonds. The third-order valence-electron chi connectivity index (χ3n) is 4.29. The van der Waals surface area contributed by atoms with E-state index in [4.69, 9.17) is 9.47 Å². The number of hydrogen-bond acceptors (Lipinski definition) is 5. The number of halogens is 2. The average molecular weight is 417 g/mol. The first-order chi connectivity index (χ1) is 13.5. The highest BCUT2D eigenvalue weighted by Gasteiger charge is 2.26. The minimum Gasteiger partial charge on any atom is -0.444 e. The third-order valence-corrected chi connectivity index (χ3v) is 4.29. The highest BCUT2D eigenvalue weighted by Crippen LogP contribution is 2.10. The molecule has 0 bridgehead atoms. The van der Waals surface area contributed by atoms with Crippen molar-refractivity contribution in [3.63, 3.8) is 0 Å². The van der Waals surface area contributed by atoms with Crippen LogP contribution in [-0.4, -0.2) is 49.1 Å². The SMILES string of the molecule is CC(N[C@@H](C)[C@H](C)OCc1ccccc1)C(COC(F)F)NC(=O)OC(C)(C)C. The topological polar surface area (TPSA) is 68.8 Å². The van der Waals surface area contributed by atoms with Crippen LogP contribution in [-0.2, 0) is 20.8 Å². The predicted octanol–water partition coefficient (Wildman–Crippen LogP) is 4.09. The van der Waals surface area contributed by atoms with Crippen LogP contribution in [0.5, 0.6) is 0 Å². The third kappa shape index (κ3) is 11.1. The van der Waals surface area contributed by atoms with E-state index in [1.54, 1.807) is 27.7 Å². The van der Waals surface area contributed by atoms with Gasteiger partial charge in [0, 0.05) is 12.1 Å². The van der Waals surface area contributed by atoms with Gasteiger partial charge in [-0.25, -0.2) is 4.79 Å². The van der Waals surface area contributed by atoms with Gasteiger partial charge >= 0.3 is 12.7 Å². The standard InChI is InChI=1S/C21H34F2N2O4/c1-14(16(3)27-12-17-10-8-7-9-11-17)24-15(2)18(13-28-19(22)23)25-20(26)29-21(4,5)6/h7-11,14-16,18-19,24H,12-13H2,1-6H3,(H,25,26)/t14-,15?,16-,18?/m0/s1. The molecule has 0 aliphatic carbocycles. The normalized spacial score (nSPS) is 16.2. The van der Waals surface area contributed by atoms with E-state index in [0.29, 0.717) is 6.61 Å². The molecule has 0 saturated heterocycles. The number of hydrogen-bond donors (Lipinski definition) is 2. The Morgan fingerprint density at radius 3 is 2.21 bits per heavy atom. The minimum absolute atomic E-state index is 0.0943. The fourth-order valence-corrected chi connectivity index (χ4v) is 2.56. The van der Waals surface area contributed by atoms with Crippen molar-refractivity contribution in [3.05, 3.63) is 35.9 Å². The maximum atomic E-state index is 12.5. The molecule has 0 aromatic heterocycles. The quantitative estimate of drug-likeness (QED) is 0.569. The number of alkyl carbamates (subject to hydrolysis) is 1. The van der Waals surface area contributed by atoms with Crippen LogP contribution in [0.1, 0.15) is 47.1 Å². The summed E-state index contributed by atoms with van der Waals surface area (Å²) in [5.41, 5.74) is 0.372. The first kappa shape index (κ1) is 25.3. The molecule has 1 rings (SSSR count). The molecule has 0 spiro atoms. The molecular weight excluding hydrogens is 382 g/mol. The zero-order valence-electron chi connectivity index (χ0n) is 18.1. The van der Waals surface area contributed by atoms with Crippen LogP contribution < -0.4 is 10.6 Å². The van der Waals surface area contributed by atoms with Gasteiger partial charge in [0.1, 0.15) is 5.60 Å². The van der Waals surface area contributed by atoms with Gasteiger partial charge in [-0.15, -0.1) is 0 Å². The highest BCUT2D eigenvalue weighted by molar-refractivity contribution is 5.68. The van der Waals surface area contributed by atoms with Gasteiger partial charge in [-0.1, -0.05) is 30.3 Å². The predicted molar refractivity (Wildman–Crippen MR) is 108 cm³/mol. The second kappa shape index (κ2) is 12.0. The van der Waals surface area contributed by atoms with Crippen molar-refractivity contribution in [2.75, 3.05) is 6.61 Å². The van der Waals surface area contributed by atoms with Gasteiger partial charge in [-0.05, 0) is 47.1 Å². The van der Waals surface area contributed by atoms with Gasteiger partial charge in [0.15, 0.2) is 0 Å². The van der Waals surface area contributed by atoms with Crippen LogP contribution in [0.25, 0.3) is 0 Å². The number of amides is 1. The van der Waals surface area contributed by atoms with E-state index in [0.717, 1.165) is 5.56 Å². The first-order valence-corrected chi connectivity index (χ1v) is 9.78. The Labute approximate surface area is 172 Å². The molecule has 4 atom stereocenters. The van der Waals surface area contributed by atoms with Crippen LogP contribution in [0.15, 0.2) is 30.3 Å². The Kier molecular flexibility index (Phi) is 10.5. The highest BCUT2D eigenvalue weighted by atomic mass is 19.3. The molecule has 0 saturated carbocycles. The molecule has 0 aliphatic heterocycles. The molecule has 0 radical (unpaired) electrons. The van der Waals surface area contributed by atoms with Crippen molar-refractivity contribution in [1.29, 1.82) is 0 Å². The van der Waals surface area contributed by atoms with Gasteiger partial charge in [-0.2, -0.15) is 8.78 Å². The molecule has 2 unspecified atom stereocenters. The molecule has 166 valence electrons. The Morgan fingerprint density at radius 2 is 1.66 bits per heavy atom. The maximum Gasteiger partial charge on any atom is 0.408 e. The van der Waals surface area contributed by atoms with Crippen molar-refractivity contribution < 1.29 is 27.8 Å². The Balaban J connectivity index is 2.61. The lowest BCUT2D eigenvalue weighted by atomic mass is 10.1. The minimum atomic E-state index is -2.92.